The molecule has 1 aromatic heterocycles. The first-order valence-corrected chi connectivity index (χ1v) is 7.60. The molecule has 1 N–H and O–H groups in total. The lowest BCUT2D eigenvalue weighted by atomic mass is 10.0. The van der Waals surface area contributed by atoms with E-state index in [0.717, 1.165) is 31.6 Å². The number of nitro benzene ring substituents is 1. The molecule has 0 saturated carbocycles. The minimum absolute atomic E-state index is 0.00842. The van der Waals surface area contributed by atoms with E-state index >= 15 is 0 Å². The molecule has 2 aromatic rings. The first-order chi connectivity index (χ1) is 11.1. The quantitative estimate of drug-likeness (QED) is 0.693. The summed E-state index contributed by atoms with van der Waals surface area (Å²) < 4.78 is 0. The normalized spacial score (nSPS) is 15.6. The fourth-order valence-electron chi connectivity index (χ4n) is 3.11. The molecular weight excluding hydrogens is 296 g/mol. The predicted molar refractivity (Wildman–Crippen MR) is 87.4 cm³/mol. The van der Waals surface area contributed by atoms with Crippen molar-refractivity contribution in [2.75, 3.05) is 18.0 Å². The number of amides is 1. The van der Waals surface area contributed by atoms with E-state index in [1.54, 1.807) is 30.5 Å². The topological polar surface area (TPSA) is 88.4 Å². The van der Waals surface area contributed by atoms with Gasteiger partial charge in [-0.1, -0.05) is 0 Å². The third kappa shape index (κ3) is 3.08. The molecule has 3 rings (SSSR count). The third-order valence-corrected chi connectivity index (χ3v) is 4.17. The van der Waals surface area contributed by atoms with Gasteiger partial charge in [0.2, 0.25) is 5.91 Å². The number of hydrogen-bond acceptors (Lipinski definition) is 5. The van der Waals surface area contributed by atoms with Crippen molar-refractivity contribution in [3.63, 3.8) is 0 Å². The number of aromatic nitrogens is 1. The summed E-state index contributed by atoms with van der Waals surface area (Å²) in [5.41, 5.74) is 1.64. The Balaban J connectivity index is 1.88. The molecule has 7 nitrogen and oxygen atoms in total. The summed E-state index contributed by atoms with van der Waals surface area (Å²) in [6.45, 7) is 3.10. The van der Waals surface area contributed by atoms with Crippen molar-refractivity contribution in [1.82, 2.24) is 10.3 Å². The van der Waals surface area contributed by atoms with Crippen LogP contribution >= 0.6 is 0 Å². The van der Waals surface area contributed by atoms with Crippen LogP contribution in [-0.2, 0) is 4.79 Å². The fraction of sp³-hybridized carbons (Fsp3) is 0.375. The van der Waals surface area contributed by atoms with Crippen molar-refractivity contribution >= 4 is 28.2 Å². The maximum absolute atomic E-state index is 11.2. The van der Waals surface area contributed by atoms with Crippen molar-refractivity contribution in [2.24, 2.45) is 0 Å². The maximum Gasteiger partial charge on any atom is 0.278 e. The Labute approximate surface area is 133 Å². The van der Waals surface area contributed by atoms with E-state index in [0.29, 0.717) is 10.9 Å². The zero-order chi connectivity index (χ0) is 16.4. The average molecular weight is 314 g/mol. The maximum atomic E-state index is 11.2. The van der Waals surface area contributed by atoms with E-state index in [-0.39, 0.29) is 22.6 Å². The van der Waals surface area contributed by atoms with Gasteiger partial charge in [-0.3, -0.25) is 19.9 Å². The van der Waals surface area contributed by atoms with Gasteiger partial charge in [0, 0.05) is 38.3 Å². The second-order valence-corrected chi connectivity index (χ2v) is 5.72. The number of rotatable bonds is 3. The number of nitrogens with one attached hydrogen (secondary N) is 1. The molecule has 0 bridgehead atoms. The van der Waals surface area contributed by atoms with Gasteiger partial charge < -0.3 is 10.2 Å². The second-order valence-electron chi connectivity index (χ2n) is 5.72. The zero-order valence-electron chi connectivity index (χ0n) is 12.9. The van der Waals surface area contributed by atoms with Gasteiger partial charge in [0.05, 0.1) is 16.0 Å². The van der Waals surface area contributed by atoms with Crippen LogP contribution in [0.5, 0.6) is 0 Å². The Bertz CT molecular complexity index is 754. The van der Waals surface area contributed by atoms with Gasteiger partial charge in [-0.05, 0) is 31.0 Å². The van der Waals surface area contributed by atoms with Crippen LogP contribution in [0.4, 0.5) is 11.4 Å². The smallest absolute Gasteiger partial charge is 0.278 e. The highest BCUT2D eigenvalue weighted by atomic mass is 16.6. The van der Waals surface area contributed by atoms with Gasteiger partial charge in [0.15, 0.2) is 0 Å². The molecule has 1 fully saturated rings. The molecule has 0 radical (unpaired) electrons. The Kier molecular flexibility index (Phi) is 4.10. The summed E-state index contributed by atoms with van der Waals surface area (Å²) in [6, 6.07) is 6.95. The molecule has 23 heavy (non-hydrogen) atoms. The van der Waals surface area contributed by atoms with Crippen LogP contribution in [-0.4, -0.2) is 34.9 Å². The molecule has 1 aromatic carbocycles. The first-order valence-electron chi connectivity index (χ1n) is 7.60. The summed E-state index contributed by atoms with van der Waals surface area (Å²) in [7, 11) is 0. The van der Waals surface area contributed by atoms with Crippen LogP contribution in [0.1, 0.15) is 19.8 Å². The predicted octanol–water partition coefficient (Wildman–Crippen LogP) is 2.25. The molecule has 1 amide bonds. The third-order valence-electron chi connectivity index (χ3n) is 4.17. The number of piperidine rings is 1. The van der Waals surface area contributed by atoms with Gasteiger partial charge in [0.1, 0.15) is 5.52 Å². The van der Waals surface area contributed by atoms with E-state index in [4.69, 9.17) is 0 Å². The molecule has 2 heterocycles. The van der Waals surface area contributed by atoms with Gasteiger partial charge in [0.25, 0.3) is 5.69 Å². The Morgan fingerprint density at radius 3 is 2.74 bits per heavy atom. The van der Waals surface area contributed by atoms with Gasteiger partial charge in [-0.15, -0.1) is 0 Å². The molecule has 1 aliphatic rings. The number of non-ortho nitro benzene ring substituents is 1. The number of carbonyl (C=O) groups excluding carboxylic acids is 1. The molecular formula is C16H18N4O3. The number of nitro groups is 1. The minimum atomic E-state index is -0.378. The van der Waals surface area contributed by atoms with Gasteiger partial charge >= 0.3 is 0 Å². The molecule has 1 saturated heterocycles. The Morgan fingerprint density at radius 1 is 1.35 bits per heavy atom. The molecule has 0 spiro atoms. The van der Waals surface area contributed by atoms with Gasteiger partial charge in [-0.25, -0.2) is 0 Å². The number of fused-ring (bicyclic) bond motifs is 1. The number of nitrogens with zero attached hydrogens (tertiary/aromatic N) is 3. The van der Waals surface area contributed by atoms with Crippen molar-refractivity contribution < 1.29 is 9.72 Å². The first kappa shape index (κ1) is 15.2. The molecule has 0 aliphatic carbocycles. The van der Waals surface area contributed by atoms with Crippen LogP contribution in [0.2, 0.25) is 0 Å². The summed E-state index contributed by atoms with van der Waals surface area (Å²) in [5, 5.41) is 14.7. The number of benzene rings is 1. The number of carbonyl (C=O) groups is 1. The molecule has 7 heteroatoms. The average Bonchev–Trinajstić information content (AvgIpc) is 2.54. The monoisotopic (exact) mass is 314 g/mol. The molecule has 0 unspecified atom stereocenters. The number of pyridine rings is 1. The van der Waals surface area contributed by atoms with Crippen LogP contribution < -0.4 is 10.2 Å². The lowest BCUT2D eigenvalue weighted by Gasteiger charge is -2.34. The summed E-state index contributed by atoms with van der Waals surface area (Å²) >= 11 is 0. The largest absolute Gasteiger partial charge is 0.370 e. The Hall–Kier alpha value is -2.70. The molecule has 1 aliphatic heterocycles. The SMILES string of the molecule is CC(=O)NC1CCN(c2ccc([N+](=O)[O-])c3cccnc23)CC1. The van der Waals surface area contributed by atoms with Crippen LogP contribution in [0.3, 0.4) is 0 Å². The lowest BCUT2D eigenvalue weighted by Crippen LogP contribution is -2.44. The highest BCUT2D eigenvalue weighted by Gasteiger charge is 2.23. The van der Waals surface area contributed by atoms with Crippen molar-refractivity contribution in [3.05, 3.63) is 40.6 Å². The highest BCUT2D eigenvalue weighted by Crippen LogP contribution is 2.33. The van der Waals surface area contributed by atoms with Crippen molar-refractivity contribution in [3.8, 4) is 0 Å². The van der Waals surface area contributed by atoms with E-state index in [1.807, 2.05) is 0 Å². The van der Waals surface area contributed by atoms with Crippen LogP contribution in [0.15, 0.2) is 30.5 Å². The standard InChI is InChI=1S/C16H18N4O3/c1-11(21)18-12-6-9-19(10-7-12)15-5-4-14(20(22)23)13-3-2-8-17-16(13)15/h2-5,8,12H,6-7,9-10H2,1H3,(H,18,21). The van der Waals surface area contributed by atoms with Gasteiger partial charge in [-0.2, -0.15) is 0 Å². The van der Waals surface area contributed by atoms with E-state index in [2.05, 4.69) is 15.2 Å². The van der Waals surface area contributed by atoms with E-state index in [1.165, 1.54) is 6.92 Å². The highest BCUT2D eigenvalue weighted by molar-refractivity contribution is 5.97. The van der Waals surface area contributed by atoms with E-state index in [9.17, 15) is 14.9 Å². The van der Waals surface area contributed by atoms with Crippen molar-refractivity contribution in [1.29, 1.82) is 0 Å². The fourth-order valence-corrected chi connectivity index (χ4v) is 3.11. The minimum Gasteiger partial charge on any atom is -0.370 e. The van der Waals surface area contributed by atoms with Crippen LogP contribution in [0.25, 0.3) is 10.9 Å². The summed E-state index contributed by atoms with van der Waals surface area (Å²) in [6.07, 6.45) is 3.36. The van der Waals surface area contributed by atoms with E-state index < -0.39 is 0 Å². The second kappa shape index (κ2) is 6.20. The summed E-state index contributed by atoms with van der Waals surface area (Å²) in [5.74, 6) is -0.00842. The number of hydrogen-bond donors (Lipinski definition) is 1. The Morgan fingerprint density at radius 2 is 2.09 bits per heavy atom. The lowest BCUT2D eigenvalue weighted by molar-refractivity contribution is -0.383. The van der Waals surface area contributed by atoms with Crippen molar-refractivity contribution in [2.45, 2.75) is 25.8 Å². The molecule has 0 atom stereocenters. The van der Waals surface area contributed by atoms with Crippen LogP contribution in [0, 0.1) is 10.1 Å². The molecule has 120 valence electrons. The summed E-state index contributed by atoms with van der Waals surface area (Å²) in [4.78, 5) is 28.5. The zero-order valence-corrected chi connectivity index (χ0v) is 12.9. The number of anilines is 1.